The first kappa shape index (κ1) is 15.8. The van der Waals surface area contributed by atoms with Crippen LogP contribution < -0.4 is 0 Å². The molecule has 0 saturated carbocycles. The summed E-state index contributed by atoms with van der Waals surface area (Å²) in [6.45, 7) is 10.8. The van der Waals surface area contributed by atoms with Gasteiger partial charge in [-0.05, 0) is 42.4 Å². The third kappa shape index (κ3) is 3.54. The van der Waals surface area contributed by atoms with Gasteiger partial charge in [-0.15, -0.1) is 0 Å². The molecule has 0 spiro atoms. The largest absolute Gasteiger partial charge is 0.384 e. The second-order valence-electron chi connectivity index (χ2n) is 6.68. The fraction of sp³-hybridized carbons (Fsp3) is 0.400. The van der Waals surface area contributed by atoms with Crippen LogP contribution in [-0.4, -0.2) is 5.11 Å². The van der Waals surface area contributed by atoms with Crippen molar-refractivity contribution in [1.82, 2.24) is 0 Å². The van der Waals surface area contributed by atoms with Crippen molar-refractivity contribution in [2.45, 2.75) is 52.6 Å². The van der Waals surface area contributed by atoms with E-state index in [1.807, 2.05) is 0 Å². The van der Waals surface area contributed by atoms with Crippen molar-refractivity contribution in [3.63, 3.8) is 0 Å². The Bertz CT molecular complexity index is 588. The third-order valence-electron chi connectivity index (χ3n) is 4.45. The monoisotopic (exact) mass is 282 g/mol. The summed E-state index contributed by atoms with van der Waals surface area (Å²) < 4.78 is 0. The summed E-state index contributed by atoms with van der Waals surface area (Å²) >= 11 is 0. The van der Waals surface area contributed by atoms with Crippen molar-refractivity contribution in [1.29, 1.82) is 0 Å². The molecule has 0 saturated heterocycles. The highest BCUT2D eigenvalue weighted by atomic mass is 16.3. The lowest BCUT2D eigenvalue weighted by molar-refractivity contribution is 0.220. The van der Waals surface area contributed by atoms with Gasteiger partial charge in [-0.3, -0.25) is 0 Å². The molecule has 1 atom stereocenters. The maximum Gasteiger partial charge on any atom is 0.104 e. The zero-order chi connectivity index (χ0) is 15.6. The topological polar surface area (TPSA) is 20.2 Å². The number of aliphatic hydroxyl groups is 1. The Morgan fingerprint density at radius 3 is 1.90 bits per heavy atom. The number of hydrogen-bond donors (Lipinski definition) is 1. The van der Waals surface area contributed by atoms with Crippen LogP contribution in [0, 0.1) is 13.8 Å². The molecule has 0 heterocycles. The highest BCUT2D eigenvalue weighted by Gasteiger charge is 2.18. The Balaban J connectivity index is 2.30. The molecule has 0 aromatic heterocycles. The lowest BCUT2D eigenvalue weighted by Gasteiger charge is -2.24. The lowest BCUT2D eigenvalue weighted by atomic mass is 9.81. The van der Waals surface area contributed by atoms with Crippen molar-refractivity contribution in [3.8, 4) is 0 Å². The van der Waals surface area contributed by atoms with E-state index < -0.39 is 6.10 Å². The Morgan fingerprint density at radius 1 is 0.905 bits per heavy atom. The maximum absolute atomic E-state index is 10.6. The first-order valence-corrected chi connectivity index (χ1v) is 7.70. The van der Waals surface area contributed by atoms with Gasteiger partial charge in [0.1, 0.15) is 6.10 Å². The van der Waals surface area contributed by atoms with Gasteiger partial charge >= 0.3 is 0 Å². The Morgan fingerprint density at radius 2 is 1.43 bits per heavy atom. The van der Waals surface area contributed by atoms with E-state index >= 15 is 0 Å². The van der Waals surface area contributed by atoms with E-state index in [4.69, 9.17) is 0 Å². The summed E-state index contributed by atoms with van der Waals surface area (Å²) in [5, 5.41) is 10.6. The minimum atomic E-state index is -0.553. The zero-order valence-corrected chi connectivity index (χ0v) is 13.8. The molecular weight excluding hydrogens is 256 g/mol. The first-order chi connectivity index (χ1) is 9.83. The van der Waals surface area contributed by atoms with Crippen LogP contribution in [-0.2, 0) is 5.41 Å². The van der Waals surface area contributed by atoms with Crippen molar-refractivity contribution in [3.05, 3.63) is 70.3 Å². The van der Waals surface area contributed by atoms with Gasteiger partial charge in [-0.2, -0.15) is 0 Å². The van der Waals surface area contributed by atoms with Gasteiger partial charge in [-0.1, -0.05) is 74.4 Å². The molecule has 1 N–H and O–H groups in total. The number of aryl methyl sites for hydroxylation is 2. The third-order valence-corrected chi connectivity index (χ3v) is 4.45. The second-order valence-corrected chi connectivity index (χ2v) is 6.68. The predicted octanol–water partition coefficient (Wildman–Crippen LogP) is 5.07. The second kappa shape index (κ2) is 6.03. The predicted molar refractivity (Wildman–Crippen MR) is 89.7 cm³/mol. The number of hydrogen-bond acceptors (Lipinski definition) is 1. The molecule has 21 heavy (non-hydrogen) atoms. The van der Waals surface area contributed by atoms with Crippen molar-refractivity contribution >= 4 is 0 Å². The number of benzene rings is 2. The molecule has 1 heteroatoms. The molecule has 2 aromatic rings. The molecule has 1 unspecified atom stereocenters. The molecule has 2 rings (SSSR count). The standard InChI is InChI=1S/C20H26O/c1-6-20(4,5)18-9-7-16(8-10-18)19(21)17-12-14(2)11-15(3)13-17/h7-13,19,21H,6H2,1-5H3. The summed E-state index contributed by atoms with van der Waals surface area (Å²) in [6.07, 6.45) is 0.550. The Labute approximate surface area is 128 Å². The molecule has 0 amide bonds. The summed E-state index contributed by atoms with van der Waals surface area (Å²) in [5.74, 6) is 0. The van der Waals surface area contributed by atoms with Crippen LogP contribution in [0.25, 0.3) is 0 Å². The number of rotatable bonds is 4. The molecule has 0 radical (unpaired) electrons. The minimum Gasteiger partial charge on any atom is -0.384 e. The smallest absolute Gasteiger partial charge is 0.104 e. The highest BCUT2D eigenvalue weighted by molar-refractivity contribution is 5.37. The van der Waals surface area contributed by atoms with Crippen LogP contribution in [0.1, 0.15) is 61.1 Å². The fourth-order valence-electron chi connectivity index (χ4n) is 2.68. The van der Waals surface area contributed by atoms with Crippen LogP contribution in [0.5, 0.6) is 0 Å². The fourth-order valence-corrected chi connectivity index (χ4v) is 2.68. The quantitative estimate of drug-likeness (QED) is 0.829. The molecular formula is C20H26O. The van der Waals surface area contributed by atoms with Crippen molar-refractivity contribution in [2.24, 2.45) is 0 Å². The zero-order valence-electron chi connectivity index (χ0n) is 13.8. The van der Waals surface area contributed by atoms with Gasteiger partial charge in [0.2, 0.25) is 0 Å². The van der Waals surface area contributed by atoms with E-state index in [2.05, 4.69) is 77.1 Å². The van der Waals surface area contributed by atoms with Crippen molar-refractivity contribution < 1.29 is 5.11 Å². The molecule has 0 aliphatic rings. The van der Waals surface area contributed by atoms with E-state index in [0.29, 0.717) is 0 Å². The van der Waals surface area contributed by atoms with Crippen LogP contribution in [0.2, 0.25) is 0 Å². The molecule has 0 fully saturated rings. The van der Waals surface area contributed by atoms with Crippen LogP contribution in [0.15, 0.2) is 42.5 Å². The summed E-state index contributed by atoms with van der Waals surface area (Å²) in [5.41, 5.74) is 5.80. The van der Waals surface area contributed by atoms with E-state index in [9.17, 15) is 5.11 Å². The van der Waals surface area contributed by atoms with Gasteiger partial charge in [0, 0.05) is 0 Å². The Kier molecular flexibility index (Phi) is 4.53. The molecule has 112 valence electrons. The maximum atomic E-state index is 10.6. The van der Waals surface area contributed by atoms with Crippen LogP contribution in [0.3, 0.4) is 0 Å². The normalized spacial score (nSPS) is 13.2. The SMILES string of the molecule is CCC(C)(C)c1ccc(C(O)c2cc(C)cc(C)c2)cc1. The van der Waals surface area contributed by atoms with E-state index in [-0.39, 0.29) is 5.41 Å². The van der Waals surface area contributed by atoms with Gasteiger partial charge in [0.15, 0.2) is 0 Å². The van der Waals surface area contributed by atoms with Gasteiger partial charge in [0.05, 0.1) is 0 Å². The highest BCUT2D eigenvalue weighted by Crippen LogP contribution is 2.29. The van der Waals surface area contributed by atoms with Crippen LogP contribution in [0.4, 0.5) is 0 Å². The van der Waals surface area contributed by atoms with Gasteiger partial charge in [-0.25, -0.2) is 0 Å². The Hall–Kier alpha value is -1.60. The average molecular weight is 282 g/mol. The average Bonchev–Trinajstić information content (AvgIpc) is 2.45. The van der Waals surface area contributed by atoms with Gasteiger partial charge < -0.3 is 5.11 Å². The summed E-state index contributed by atoms with van der Waals surface area (Å²) in [4.78, 5) is 0. The molecule has 0 aliphatic heterocycles. The summed E-state index contributed by atoms with van der Waals surface area (Å²) in [7, 11) is 0. The lowest BCUT2D eigenvalue weighted by Crippen LogP contribution is -2.15. The van der Waals surface area contributed by atoms with Gasteiger partial charge in [0.25, 0.3) is 0 Å². The number of aliphatic hydroxyl groups excluding tert-OH is 1. The molecule has 0 bridgehead atoms. The first-order valence-electron chi connectivity index (χ1n) is 7.70. The van der Waals surface area contributed by atoms with E-state index in [0.717, 1.165) is 17.5 Å². The van der Waals surface area contributed by atoms with E-state index in [1.54, 1.807) is 0 Å². The van der Waals surface area contributed by atoms with Crippen LogP contribution >= 0.6 is 0 Å². The van der Waals surface area contributed by atoms with Crippen molar-refractivity contribution in [2.75, 3.05) is 0 Å². The molecule has 1 nitrogen and oxygen atoms in total. The summed E-state index contributed by atoms with van der Waals surface area (Å²) in [6, 6.07) is 14.6. The van der Waals surface area contributed by atoms with E-state index in [1.165, 1.54) is 16.7 Å². The molecule has 0 aliphatic carbocycles. The minimum absolute atomic E-state index is 0.184. The molecule has 2 aromatic carbocycles.